The minimum atomic E-state index is -0.375. The molecule has 2 aromatic carbocycles. The zero-order valence-electron chi connectivity index (χ0n) is 11.2. The van der Waals surface area contributed by atoms with Gasteiger partial charge < -0.3 is 0 Å². The number of aromatic nitrogens is 2. The van der Waals surface area contributed by atoms with Crippen molar-refractivity contribution in [2.75, 3.05) is 4.90 Å². The molecule has 0 saturated heterocycles. The molecule has 1 aromatic heterocycles. The van der Waals surface area contributed by atoms with Crippen molar-refractivity contribution in [2.24, 2.45) is 0 Å². The number of rotatable bonds is 1. The van der Waals surface area contributed by atoms with Crippen molar-refractivity contribution < 1.29 is 9.59 Å². The summed E-state index contributed by atoms with van der Waals surface area (Å²) in [7, 11) is 0. The van der Waals surface area contributed by atoms with Crippen LogP contribution in [-0.2, 0) is 0 Å². The van der Waals surface area contributed by atoms with Crippen molar-refractivity contribution in [3.8, 4) is 0 Å². The first kappa shape index (κ1) is 13.1. The number of amides is 2. The van der Waals surface area contributed by atoms with Gasteiger partial charge in [0, 0.05) is 27.2 Å². The van der Waals surface area contributed by atoms with E-state index in [1.54, 1.807) is 24.3 Å². The maximum Gasteiger partial charge on any atom is 0.267 e. The molecule has 4 rings (SSSR count). The third-order valence-corrected chi connectivity index (χ3v) is 4.34. The van der Waals surface area contributed by atoms with Gasteiger partial charge >= 0.3 is 0 Å². The molecule has 0 spiro atoms. The Hall–Kier alpha value is -2.60. The molecule has 0 N–H and O–H groups in total. The number of carbonyl (C=O) groups excluding carboxylic acids is 2. The van der Waals surface area contributed by atoms with Crippen LogP contribution in [-0.4, -0.2) is 21.8 Å². The molecule has 0 bridgehead atoms. The molecule has 5 nitrogen and oxygen atoms in total. The summed E-state index contributed by atoms with van der Waals surface area (Å²) in [4.78, 5) is 34.4. The maximum atomic E-state index is 12.8. The largest absolute Gasteiger partial charge is 0.268 e. The lowest BCUT2D eigenvalue weighted by molar-refractivity contribution is 0.0892. The van der Waals surface area contributed by atoms with Crippen molar-refractivity contribution in [1.29, 1.82) is 0 Å². The molecule has 2 amide bonds. The third-order valence-electron chi connectivity index (χ3n) is 3.65. The van der Waals surface area contributed by atoms with Crippen molar-refractivity contribution >= 4 is 44.3 Å². The van der Waals surface area contributed by atoms with Crippen molar-refractivity contribution in [3.63, 3.8) is 0 Å². The SMILES string of the molecule is O=C1c2cccc3c(Br)ccc(c23)C(=O)N1c1ccncn1. The first-order valence-electron chi connectivity index (χ1n) is 6.54. The average molecular weight is 354 g/mol. The quantitative estimate of drug-likeness (QED) is 0.630. The molecule has 0 radical (unpaired) electrons. The van der Waals surface area contributed by atoms with Crippen molar-refractivity contribution in [2.45, 2.75) is 0 Å². The highest BCUT2D eigenvalue weighted by molar-refractivity contribution is 9.10. The Morgan fingerprint density at radius 2 is 1.73 bits per heavy atom. The van der Waals surface area contributed by atoms with E-state index in [4.69, 9.17) is 0 Å². The zero-order valence-corrected chi connectivity index (χ0v) is 12.7. The molecule has 22 heavy (non-hydrogen) atoms. The van der Waals surface area contributed by atoms with Gasteiger partial charge in [-0.05, 0) is 29.7 Å². The molecule has 1 aliphatic rings. The summed E-state index contributed by atoms with van der Waals surface area (Å²) in [6.45, 7) is 0. The smallest absolute Gasteiger partial charge is 0.267 e. The van der Waals surface area contributed by atoms with Gasteiger partial charge in [-0.2, -0.15) is 0 Å². The summed E-state index contributed by atoms with van der Waals surface area (Å²) in [5.41, 5.74) is 0.985. The second kappa shape index (κ2) is 4.71. The number of carbonyl (C=O) groups is 2. The number of hydrogen-bond donors (Lipinski definition) is 0. The van der Waals surface area contributed by atoms with Gasteiger partial charge in [0.2, 0.25) is 0 Å². The molecule has 0 aliphatic carbocycles. The number of imide groups is 1. The lowest BCUT2D eigenvalue weighted by Crippen LogP contribution is -2.41. The Morgan fingerprint density at radius 3 is 2.45 bits per heavy atom. The Morgan fingerprint density at radius 1 is 0.955 bits per heavy atom. The molecule has 2 heterocycles. The van der Waals surface area contributed by atoms with Crippen LogP contribution in [0.15, 0.2) is 53.4 Å². The number of benzene rings is 2. The first-order chi connectivity index (χ1) is 10.7. The monoisotopic (exact) mass is 353 g/mol. The van der Waals surface area contributed by atoms with Crippen LogP contribution in [0.5, 0.6) is 0 Å². The predicted molar refractivity (Wildman–Crippen MR) is 84.8 cm³/mol. The van der Waals surface area contributed by atoms with E-state index in [0.717, 1.165) is 14.8 Å². The van der Waals surface area contributed by atoms with E-state index in [-0.39, 0.29) is 17.6 Å². The van der Waals surface area contributed by atoms with Gasteiger partial charge in [-0.25, -0.2) is 14.9 Å². The molecule has 0 unspecified atom stereocenters. The van der Waals surface area contributed by atoms with Gasteiger partial charge in [-0.15, -0.1) is 0 Å². The Labute approximate surface area is 133 Å². The molecule has 0 fully saturated rings. The molecule has 106 valence electrons. The van der Waals surface area contributed by atoms with Gasteiger partial charge in [0.1, 0.15) is 12.1 Å². The van der Waals surface area contributed by atoms with Crippen LogP contribution in [0.3, 0.4) is 0 Å². The predicted octanol–water partition coefficient (Wildman–Crippen LogP) is 3.19. The molecule has 0 atom stereocenters. The minimum absolute atomic E-state index is 0.274. The molecular weight excluding hydrogens is 346 g/mol. The zero-order chi connectivity index (χ0) is 15.3. The molecule has 3 aromatic rings. The molecule has 1 aliphatic heterocycles. The van der Waals surface area contributed by atoms with Crippen LogP contribution in [0.25, 0.3) is 10.8 Å². The van der Waals surface area contributed by atoms with E-state index in [1.807, 2.05) is 12.1 Å². The van der Waals surface area contributed by atoms with E-state index < -0.39 is 0 Å². The fourth-order valence-corrected chi connectivity index (χ4v) is 3.15. The highest BCUT2D eigenvalue weighted by Gasteiger charge is 2.34. The van der Waals surface area contributed by atoms with Crippen molar-refractivity contribution in [1.82, 2.24) is 9.97 Å². The van der Waals surface area contributed by atoms with E-state index in [1.165, 1.54) is 12.5 Å². The normalized spacial score (nSPS) is 13.8. The fourth-order valence-electron chi connectivity index (χ4n) is 2.68. The Kier molecular flexibility index (Phi) is 2.80. The van der Waals surface area contributed by atoms with Crippen LogP contribution >= 0.6 is 15.9 Å². The summed E-state index contributed by atoms with van der Waals surface area (Å²) >= 11 is 3.46. The maximum absolute atomic E-state index is 12.8. The number of nitrogens with zero attached hydrogens (tertiary/aromatic N) is 3. The molecular formula is C16H8BrN3O2. The third kappa shape index (κ3) is 1.70. The van der Waals surface area contributed by atoms with Gasteiger partial charge in [0.05, 0.1) is 0 Å². The van der Waals surface area contributed by atoms with E-state index >= 15 is 0 Å². The minimum Gasteiger partial charge on any atom is -0.268 e. The van der Waals surface area contributed by atoms with Crippen LogP contribution in [0, 0.1) is 0 Å². The number of hydrogen-bond acceptors (Lipinski definition) is 4. The highest BCUT2D eigenvalue weighted by atomic mass is 79.9. The Balaban J connectivity index is 2.03. The average Bonchev–Trinajstić information content (AvgIpc) is 2.55. The van der Waals surface area contributed by atoms with E-state index in [0.29, 0.717) is 16.5 Å². The summed E-state index contributed by atoms with van der Waals surface area (Å²) in [6, 6.07) is 10.5. The van der Waals surface area contributed by atoms with Crippen LogP contribution in [0.2, 0.25) is 0 Å². The summed E-state index contributed by atoms with van der Waals surface area (Å²) < 4.78 is 0.851. The topological polar surface area (TPSA) is 63.2 Å². The van der Waals surface area contributed by atoms with Gasteiger partial charge in [-0.3, -0.25) is 9.59 Å². The first-order valence-corrected chi connectivity index (χ1v) is 7.34. The lowest BCUT2D eigenvalue weighted by atomic mass is 9.94. The number of anilines is 1. The van der Waals surface area contributed by atoms with Gasteiger partial charge in [0.25, 0.3) is 11.8 Å². The van der Waals surface area contributed by atoms with Gasteiger partial charge in [0.15, 0.2) is 0 Å². The summed E-state index contributed by atoms with van der Waals surface area (Å²) in [5, 5.41) is 1.52. The molecule has 6 heteroatoms. The Bertz CT molecular complexity index is 919. The highest BCUT2D eigenvalue weighted by Crippen LogP contribution is 2.35. The van der Waals surface area contributed by atoms with Crippen LogP contribution in [0.4, 0.5) is 5.82 Å². The lowest BCUT2D eigenvalue weighted by Gasteiger charge is -2.26. The number of halogens is 1. The van der Waals surface area contributed by atoms with E-state index in [2.05, 4.69) is 25.9 Å². The molecule has 0 saturated carbocycles. The standard InChI is InChI=1S/C16H8BrN3O2/c17-12-5-4-11-14-9(12)2-1-3-10(14)15(21)20(16(11)22)13-6-7-18-8-19-13/h1-8H. The fraction of sp³-hybridized carbons (Fsp3) is 0. The second-order valence-electron chi connectivity index (χ2n) is 4.84. The second-order valence-corrected chi connectivity index (χ2v) is 5.69. The van der Waals surface area contributed by atoms with Gasteiger partial charge in [-0.1, -0.05) is 28.1 Å². The summed E-state index contributed by atoms with van der Waals surface area (Å²) in [6.07, 6.45) is 2.81. The summed E-state index contributed by atoms with van der Waals surface area (Å²) in [5.74, 6) is -0.477. The van der Waals surface area contributed by atoms with Crippen LogP contribution in [0.1, 0.15) is 20.7 Å². The van der Waals surface area contributed by atoms with Crippen LogP contribution < -0.4 is 4.90 Å². The van der Waals surface area contributed by atoms with Crippen molar-refractivity contribution in [3.05, 3.63) is 64.5 Å². The van der Waals surface area contributed by atoms with E-state index in [9.17, 15) is 9.59 Å².